The van der Waals surface area contributed by atoms with Gasteiger partial charge in [0.05, 0.1) is 6.17 Å². The average Bonchev–Trinajstić information content (AvgIpc) is 3.46. The smallest absolute Gasteiger partial charge is 0.127 e. The molecule has 44 heavy (non-hydrogen) atoms. The van der Waals surface area contributed by atoms with E-state index in [1.165, 1.54) is 31.3 Å². The Morgan fingerprint density at radius 3 is 2.07 bits per heavy atom. The minimum Gasteiger partial charge on any atom is -0.355 e. The van der Waals surface area contributed by atoms with Crippen LogP contribution in [0.2, 0.25) is 0 Å². The van der Waals surface area contributed by atoms with Crippen molar-refractivity contribution < 1.29 is 0 Å². The Hall–Kier alpha value is -5.07. The van der Waals surface area contributed by atoms with Crippen molar-refractivity contribution in [3.8, 4) is 11.1 Å². The maximum Gasteiger partial charge on any atom is 0.127 e. The van der Waals surface area contributed by atoms with Crippen molar-refractivity contribution in [1.29, 1.82) is 0 Å². The van der Waals surface area contributed by atoms with Gasteiger partial charge in [0.1, 0.15) is 6.17 Å². The molecule has 0 amide bonds. The highest BCUT2D eigenvalue weighted by Crippen LogP contribution is 2.38. The third kappa shape index (κ3) is 6.03. The normalized spacial score (nSPS) is 12.9. The van der Waals surface area contributed by atoms with Crippen molar-refractivity contribution in [2.24, 2.45) is 10.7 Å². The number of nitrogens with two attached hydrogens (primary N) is 1. The topological polar surface area (TPSA) is 62.4 Å². The third-order valence-electron chi connectivity index (χ3n) is 7.79. The number of hydrogen-bond acceptors (Lipinski definition) is 5. The lowest BCUT2D eigenvalue weighted by Crippen LogP contribution is -2.31. The second kappa shape index (κ2) is 12.7. The summed E-state index contributed by atoms with van der Waals surface area (Å²) in [6.45, 7) is 0. The molecular formula is C39H32N4S. The molecule has 0 aliphatic carbocycles. The van der Waals surface area contributed by atoms with E-state index in [0.717, 1.165) is 28.1 Å². The molecule has 0 fully saturated rings. The highest BCUT2D eigenvalue weighted by atomic mass is 32.1. The monoisotopic (exact) mass is 588 g/mol. The van der Waals surface area contributed by atoms with Gasteiger partial charge in [0.2, 0.25) is 0 Å². The molecule has 4 nitrogen and oxygen atoms in total. The summed E-state index contributed by atoms with van der Waals surface area (Å²) in [5.41, 5.74) is 14.0. The van der Waals surface area contributed by atoms with Crippen molar-refractivity contribution >= 4 is 49.1 Å². The Bertz CT molecular complexity index is 2030. The maximum absolute atomic E-state index is 6.50. The van der Waals surface area contributed by atoms with E-state index in [2.05, 4.69) is 114 Å². The fourth-order valence-electron chi connectivity index (χ4n) is 5.49. The summed E-state index contributed by atoms with van der Waals surface area (Å²) in [5, 5.41) is 9.74. The molecule has 0 spiro atoms. The van der Waals surface area contributed by atoms with Gasteiger partial charge in [-0.15, -0.1) is 11.3 Å². The van der Waals surface area contributed by atoms with E-state index in [9.17, 15) is 0 Å². The molecule has 0 aliphatic rings. The van der Waals surface area contributed by atoms with Gasteiger partial charge < -0.3 is 11.1 Å². The molecule has 214 valence electrons. The van der Waals surface area contributed by atoms with Gasteiger partial charge >= 0.3 is 0 Å². The first kappa shape index (κ1) is 27.7. The lowest BCUT2D eigenvalue weighted by Gasteiger charge is -2.21. The van der Waals surface area contributed by atoms with Crippen LogP contribution >= 0.6 is 11.3 Å². The number of aliphatic imine (C=N–C) groups is 1. The molecule has 2 atom stereocenters. The molecule has 0 saturated heterocycles. The van der Waals surface area contributed by atoms with E-state index in [4.69, 9.17) is 10.7 Å². The predicted molar refractivity (Wildman–Crippen MR) is 188 cm³/mol. The Morgan fingerprint density at radius 2 is 1.27 bits per heavy atom. The molecule has 4 N–H and O–H groups in total. The second-order valence-corrected chi connectivity index (χ2v) is 11.8. The summed E-state index contributed by atoms with van der Waals surface area (Å²) in [6.07, 6.45) is 1.28. The molecule has 1 heterocycles. The van der Waals surface area contributed by atoms with E-state index >= 15 is 0 Å². The molecule has 6 aromatic carbocycles. The minimum atomic E-state index is -0.343. The molecule has 7 rings (SSSR count). The summed E-state index contributed by atoms with van der Waals surface area (Å²) < 4.78 is 2.62. The molecule has 5 heteroatoms. The SMILES string of the molecule is NC(NC(N=Cc1ccc(Nc2ccccc2-c2ccc3c(c2)sc2ccccc23)cc1)c1ccccc1)c1ccccc1. The van der Waals surface area contributed by atoms with Gasteiger partial charge in [0, 0.05) is 43.3 Å². The van der Waals surface area contributed by atoms with Crippen LogP contribution in [-0.4, -0.2) is 6.21 Å². The van der Waals surface area contributed by atoms with Crippen LogP contribution in [0.3, 0.4) is 0 Å². The van der Waals surface area contributed by atoms with Crippen molar-refractivity contribution in [3.05, 3.63) is 168 Å². The zero-order valence-corrected chi connectivity index (χ0v) is 24.9. The van der Waals surface area contributed by atoms with Crippen molar-refractivity contribution in [3.63, 3.8) is 0 Å². The van der Waals surface area contributed by atoms with Crippen LogP contribution in [0.4, 0.5) is 11.4 Å². The first-order valence-corrected chi connectivity index (χ1v) is 15.6. The lowest BCUT2D eigenvalue weighted by molar-refractivity contribution is 0.467. The largest absolute Gasteiger partial charge is 0.355 e. The molecule has 0 radical (unpaired) electrons. The van der Waals surface area contributed by atoms with Crippen molar-refractivity contribution in [1.82, 2.24) is 5.32 Å². The molecule has 0 saturated carbocycles. The third-order valence-corrected chi connectivity index (χ3v) is 8.92. The van der Waals surface area contributed by atoms with Crippen LogP contribution < -0.4 is 16.4 Å². The second-order valence-electron chi connectivity index (χ2n) is 10.7. The summed E-state index contributed by atoms with van der Waals surface area (Å²) in [6, 6.07) is 52.4. The van der Waals surface area contributed by atoms with Gasteiger partial charge in [-0.25, -0.2) is 0 Å². The van der Waals surface area contributed by atoms with Gasteiger partial charge in [-0.2, -0.15) is 0 Å². The molecule has 0 bridgehead atoms. The highest BCUT2D eigenvalue weighted by Gasteiger charge is 2.14. The number of hydrogen-bond donors (Lipinski definition) is 3. The van der Waals surface area contributed by atoms with Crippen LogP contribution in [0, 0.1) is 0 Å². The van der Waals surface area contributed by atoms with E-state index in [1.54, 1.807) is 0 Å². The lowest BCUT2D eigenvalue weighted by atomic mass is 10.0. The van der Waals surface area contributed by atoms with Crippen LogP contribution in [-0.2, 0) is 0 Å². The predicted octanol–water partition coefficient (Wildman–Crippen LogP) is 9.83. The summed E-state index contributed by atoms with van der Waals surface area (Å²) >= 11 is 1.84. The van der Waals surface area contributed by atoms with Gasteiger partial charge in [-0.3, -0.25) is 10.3 Å². The van der Waals surface area contributed by atoms with Crippen LogP contribution in [0.1, 0.15) is 29.0 Å². The maximum atomic E-state index is 6.50. The van der Waals surface area contributed by atoms with Crippen LogP contribution in [0.15, 0.2) is 157 Å². The molecule has 7 aromatic rings. The standard InChI is InChI=1S/C39H32N4S/c40-38(28-11-3-1-4-12-28)43-39(29-13-5-2-6-14-29)41-26-27-19-22-31(23-20-27)42-35-17-9-7-15-32(35)30-21-24-34-33-16-8-10-18-36(33)44-37(34)25-30/h1-26,38-39,42-43H,40H2. The van der Waals surface area contributed by atoms with Crippen molar-refractivity contribution in [2.75, 3.05) is 5.32 Å². The van der Waals surface area contributed by atoms with Gasteiger partial charge in [-0.1, -0.05) is 121 Å². The van der Waals surface area contributed by atoms with Crippen LogP contribution in [0.5, 0.6) is 0 Å². The summed E-state index contributed by atoms with van der Waals surface area (Å²) in [4.78, 5) is 4.90. The first-order chi connectivity index (χ1) is 21.7. The number of para-hydroxylation sites is 1. The number of benzene rings is 6. The Kier molecular flexibility index (Phi) is 7.98. The molecule has 1 aromatic heterocycles. The number of nitrogens with zero attached hydrogens (tertiary/aromatic N) is 1. The van der Waals surface area contributed by atoms with Gasteiger partial charge in [0.25, 0.3) is 0 Å². The summed E-state index contributed by atoms with van der Waals surface area (Å²) in [5.74, 6) is 0. The number of fused-ring (bicyclic) bond motifs is 3. The Balaban J connectivity index is 1.10. The van der Waals surface area contributed by atoms with Crippen molar-refractivity contribution in [2.45, 2.75) is 12.3 Å². The number of thiophene rings is 1. The Morgan fingerprint density at radius 1 is 0.614 bits per heavy atom. The van der Waals surface area contributed by atoms with E-state index in [0.29, 0.717) is 0 Å². The average molecular weight is 589 g/mol. The fourth-order valence-corrected chi connectivity index (χ4v) is 6.64. The number of anilines is 2. The van der Waals surface area contributed by atoms with Crippen LogP contribution in [0.25, 0.3) is 31.3 Å². The number of rotatable bonds is 9. The number of nitrogens with one attached hydrogen (secondary N) is 2. The van der Waals surface area contributed by atoms with Gasteiger partial charge in [-0.05, 0) is 52.6 Å². The molecular weight excluding hydrogens is 557 g/mol. The first-order valence-electron chi connectivity index (χ1n) is 14.7. The van der Waals surface area contributed by atoms with Gasteiger partial charge in [0.15, 0.2) is 0 Å². The minimum absolute atomic E-state index is 0.283. The van der Waals surface area contributed by atoms with E-state index in [-0.39, 0.29) is 12.3 Å². The quantitative estimate of drug-likeness (QED) is 0.116. The zero-order valence-electron chi connectivity index (χ0n) is 24.1. The summed E-state index contributed by atoms with van der Waals surface area (Å²) in [7, 11) is 0. The molecule has 2 unspecified atom stereocenters. The zero-order chi connectivity index (χ0) is 29.7. The highest BCUT2D eigenvalue weighted by molar-refractivity contribution is 7.25. The van der Waals surface area contributed by atoms with E-state index in [1.807, 2.05) is 66.1 Å². The van der Waals surface area contributed by atoms with E-state index < -0.39 is 0 Å². The molecule has 0 aliphatic heterocycles. The fraction of sp³-hybridized carbons (Fsp3) is 0.0513. The Labute approximate surface area is 261 Å².